The Labute approximate surface area is 183 Å². The minimum Gasteiger partial charge on any atom is -0.444 e. The number of para-hydroxylation sites is 1. The third-order valence-corrected chi connectivity index (χ3v) is 5.61. The van der Waals surface area contributed by atoms with Gasteiger partial charge >= 0.3 is 6.09 Å². The number of ether oxygens (including phenoxy) is 1. The molecule has 2 atom stereocenters. The second kappa shape index (κ2) is 8.17. The van der Waals surface area contributed by atoms with E-state index in [0.29, 0.717) is 13.1 Å². The maximum atomic E-state index is 12.7. The van der Waals surface area contributed by atoms with Crippen LogP contribution in [0.2, 0.25) is 0 Å². The van der Waals surface area contributed by atoms with E-state index in [-0.39, 0.29) is 18.2 Å². The van der Waals surface area contributed by atoms with Crippen LogP contribution in [0.25, 0.3) is 22.0 Å². The van der Waals surface area contributed by atoms with E-state index in [1.165, 1.54) is 0 Å². The van der Waals surface area contributed by atoms with Crippen molar-refractivity contribution in [3.05, 3.63) is 54.9 Å². The van der Waals surface area contributed by atoms with Gasteiger partial charge in [-0.2, -0.15) is 0 Å². The average molecular weight is 419 g/mol. The number of anilines is 1. The summed E-state index contributed by atoms with van der Waals surface area (Å²) in [6.45, 7) is 11.1. The number of amides is 1. The first kappa shape index (κ1) is 21.1. The van der Waals surface area contributed by atoms with Crippen molar-refractivity contribution in [1.29, 1.82) is 0 Å². The number of hydrogen-bond acceptors (Lipinski definition) is 5. The van der Waals surface area contributed by atoms with Gasteiger partial charge in [-0.05, 0) is 46.2 Å². The van der Waals surface area contributed by atoms with Crippen molar-refractivity contribution < 1.29 is 9.53 Å². The summed E-state index contributed by atoms with van der Waals surface area (Å²) in [6.07, 6.45) is 1.38. The SMILES string of the molecule is C[C@@H]1CN(c2ncnc3c(-c4ccccc4)cccc23)[C@@H](C)CN1C(=O)OC(C)(C)C. The van der Waals surface area contributed by atoms with E-state index in [0.717, 1.165) is 27.8 Å². The Balaban J connectivity index is 1.66. The molecule has 0 aliphatic carbocycles. The molecule has 1 fully saturated rings. The standard InChI is InChI=1S/C25H30N4O2/c1-17-15-29(24(30)31-25(3,4)5)18(2)14-28(17)23-21-13-9-12-20(22(21)26-16-27-23)19-10-7-6-8-11-19/h6-13,16-18H,14-15H2,1-5H3/t17-,18+/m0/s1. The lowest BCUT2D eigenvalue weighted by Gasteiger charge is -2.44. The Kier molecular flexibility index (Phi) is 5.56. The molecule has 0 spiro atoms. The van der Waals surface area contributed by atoms with E-state index in [9.17, 15) is 4.79 Å². The van der Waals surface area contributed by atoms with Crippen molar-refractivity contribution in [2.75, 3.05) is 18.0 Å². The van der Waals surface area contributed by atoms with Gasteiger partial charge in [-0.25, -0.2) is 14.8 Å². The zero-order valence-corrected chi connectivity index (χ0v) is 18.9. The van der Waals surface area contributed by atoms with Gasteiger partial charge in [0.15, 0.2) is 0 Å². The Morgan fingerprint density at radius 2 is 1.71 bits per heavy atom. The van der Waals surface area contributed by atoms with Crippen molar-refractivity contribution in [3.63, 3.8) is 0 Å². The molecule has 0 saturated carbocycles. The van der Waals surface area contributed by atoms with Crippen LogP contribution in [0.15, 0.2) is 54.9 Å². The van der Waals surface area contributed by atoms with E-state index in [1.54, 1.807) is 6.33 Å². The van der Waals surface area contributed by atoms with Gasteiger partial charge in [-0.3, -0.25) is 0 Å². The number of benzene rings is 2. The van der Waals surface area contributed by atoms with Crippen LogP contribution in [0.1, 0.15) is 34.6 Å². The Hall–Kier alpha value is -3.15. The molecule has 6 nitrogen and oxygen atoms in total. The molecule has 2 aromatic carbocycles. The molecular weight excluding hydrogens is 388 g/mol. The Morgan fingerprint density at radius 3 is 2.42 bits per heavy atom. The molecule has 0 radical (unpaired) electrons. The summed E-state index contributed by atoms with van der Waals surface area (Å²) in [6, 6.07) is 16.6. The topological polar surface area (TPSA) is 58.6 Å². The zero-order chi connectivity index (χ0) is 22.2. The van der Waals surface area contributed by atoms with Crippen LogP contribution in [0.3, 0.4) is 0 Å². The normalized spacial score (nSPS) is 19.5. The van der Waals surface area contributed by atoms with Crippen molar-refractivity contribution >= 4 is 22.8 Å². The lowest BCUT2D eigenvalue weighted by molar-refractivity contribution is 0.0130. The summed E-state index contributed by atoms with van der Waals surface area (Å²) in [5.41, 5.74) is 2.66. The molecule has 1 amide bonds. The summed E-state index contributed by atoms with van der Waals surface area (Å²) in [5, 5.41) is 1.02. The third kappa shape index (κ3) is 4.33. The highest BCUT2D eigenvalue weighted by Crippen LogP contribution is 2.33. The fraction of sp³-hybridized carbons (Fsp3) is 0.400. The van der Waals surface area contributed by atoms with Crippen molar-refractivity contribution in [2.24, 2.45) is 0 Å². The molecule has 1 aliphatic rings. The molecule has 4 rings (SSSR count). The van der Waals surface area contributed by atoms with Gasteiger partial charge in [0.25, 0.3) is 0 Å². The fourth-order valence-electron chi connectivity index (χ4n) is 4.15. The molecule has 31 heavy (non-hydrogen) atoms. The predicted octanol–water partition coefficient (Wildman–Crippen LogP) is 5.13. The summed E-state index contributed by atoms with van der Waals surface area (Å²) in [7, 11) is 0. The number of carbonyl (C=O) groups excluding carboxylic acids is 1. The Bertz CT molecular complexity index is 1080. The number of aromatic nitrogens is 2. The molecule has 3 aromatic rings. The van der Waals surface area contributed by atoms with E-state index in [1.807, 2.05) is 43.9 Å². The number of fused-ring (bicyclic) bond motifs is 1. The van der Waals surface area contributed by atoms with E-state index < -0.39 is 5.60 Å². The largest absolute Gasteiger partial charge is 0.444 e. The minimum atomic E-state index is -0.506. The van der Waals surface area contributed by atoms with Crippen LogP contribution in [0, 0.1) is 0 Å². The summed E-state index contributed by atoms with van der Waals surface area (Å²) < 4.78 is 5.61. The number of hydrogen-bond donors (Lipinski definition) is 0. The molecule has 6 heteroatoms. The first-order valence-electron chi connectivity index (χ1n) is 10.8. The Morgan fingerprint density at radius 1 is 0.968 bits per heavy atom. The van der Waals surface area contributed by atoms with Crippen molar-refractivity contribution in [2.45, 2.75) is 52.3 Å². The maximum Gasteiger partial charge on any atom is 0.410 e. The molecule has 2 heterocycles. The summed E-state index contributed by atoms with van der Waals surface area (Å²) in [4.78, 5) is 26.1. The highest BCUT2D eigenvalue weighted by Gasteiger charge is 2.35. The van der Waals surface area contributed by atoms with Crippen molar-refractivity contribution in [1.82, 2.24) is 14.9 Å². The predicted molar refractivity (Wildman–Crippen MR) is 124 cm³/mol. The second-order valence-electron chi connectivity index (χ2n) is 9.25. The van der Waals surface area contributed by atoms with Gasteiger partial charge < -0.3 is 14.5 Å². The average Bonchev–Trinajstić information content (AvgIpc) is 2.73. The maximum absolute atomic E-state index is 12.7. The molecule has 1 aliphatic heterocycles. The second-order valence-corrected chi connectivity index (χ2v) is 9.25. The fourth-order valence-corrected chi connectivity index (χ4v) is 4.15. The zero-order valence-electron chi connectivity index (χ0n) is 18.9. The molecule has 1 saturated heterocycles. The first-order chi connectivity index (χ1) is 14.7. The van der Waals surface area contributed by atoms with Crippen molar-refractivity contribution in [3.8, 4) is 11.1 Å². The van der Waals surface area contributed by atoms with Gasteiger partial charge in [-0.15, -0.1) is 0 Å². The first-order valence-corrected chi connectivity index (χ1v) is 10.8. The monoisotopic (exact) mass is 418 g/mol. The molecular formula is C25H30N4O2. The van der Waals surface area contributed by atoms with Crippen LogP contribution in [0.5, 0.6) is 0 Å². The third-order valence-electron chi connectivity index (χ3n) is 5.61. The molecule has 0 bridgehead atoms. The molecule has 0 unspecified atom stereocenters. The van der Waals surface area contributed by atoms with E-state index in [2.05, 4.69) is 59.0 Å². The highest BCUT2D eigenvalue weighted by atomic mass is 16.6. The van der Waals surface area contributed by atoms with Gasteiger partial charge in [-0.1, -0.05) is 42.5 Å². The quantitative estimate of drug-likeness (QED) is 0.577. The van der Waals surface area contributed by atoms with Gasteiger partial charge in [0.05, 0.1) is 5.52 Å². The van der Waals surface area contributed by atoms with Gasteiger partial charge in [0.2, 0.25) is 0 Å². The highest BCUT2D eigenvalue weighted by molar-refractivity contribution is 5.99. The van der Waals surface area contributed by atoms with Crippen LogP contribution in [-0.2, 0) is 4.74 Å². The van der Waals surface area contributed by atoms with Crippen LogP contribution < -0.4 is 4.90 Å². The number of nitrogens with zero attached hydrogens (tertiary/aromatic N) is 4. The summed E-state index contributed by atoms with van der Waals surface area (Å²) in [5.74, 6) is 0.908. The lowest BCUT2D eigenvalue weighted by Crippen LogP contribution is -2.59. The van der Waals surface area contributed by atoms with Crippen LogP contribution in [0.4, 0.5) is 10.6 Å². The summed E-state index contributed by atoms with van der Waals surface area (Å²) >= 11 is 0. The van der Waals surface area contributed by atoms with E-state index in [4.69, 9.17) is 4.74 Å². The van der Waals surface area contributed by atoms with Gasteiger partial charge in [0, 0.05) is 36.1 Å². The smallest absolute Gasteiger partial charge is 0.410 e. The van der Waals surface area contributed by atoms with E-state index >= 15 is 0 Å². The minimum absolute atomic E-state index is 0.00775. The molecule has 1 aromatic heterocycles. The number of piperazine rings is 1. The molecule has 162 valence electrons. The number of rotatable bonds is 2. The molecule has 0 N–H and O–H groups in total. The number of carbonyl (C=O) groups is 1. The van der Waals surface area contributed by atoms with Crippen LogP contribution in [-0.4, -0.2) is 51.7 Å². The lowest BCUT2D eigenvalue weighted by atomic mass is 10.0. The van der Waals surface area contributed by atoms with Crippen LogP contribution >= 0.6 is 0 Å². The van der Waals surface area contributed by atoms with Gasteiger partial charge in [0.1, 0.15) is 17.7 Å².